The van der Waals surface area contributed by atoms with Crippen LogP contribution in [0.15, 0.2) is 22.7 Å². The van der Waals surface area contributed by atoms with Gasteiger partial charge in [0.25, 0.3) is 0 Å². The van der Waals surface area contributed by atoms with E-state index >= 15 is 0 Å². The van der Waals surface area contributed by atoms with Crippen molar-refractivity contribution in [3.63, 3.8) is 0 Å². The first-order valence-electron chi connectivity index (χ1n) is 5.33. The number of aryl methyl sites for hydroxylation is 1. The quantitative estimate of drug-likeness (QED) is 0.881. The number of benzene rings is 1. The minimum absolute atomic E-state index is 0.0781. The molecule has 1 aromatic carbocycles. The van der Waals surface area contributed by atoms with Crippen LogP contribution in [0.1, 0.15) is 30.0 Å². The van der Waals surface area contributed by atoms with Crippen molar-refractivity contribution in [2.45, 2.75) is 31.8 Å². The molecule has 1 fully saturated rings. The molecule has 0 spiro atoms. The maximum Gasteiger partial charge on any atom is 0.0626 e. The fourth-order valence-electron chi connectivity index (χ4n) is 1.61. The van der Waals surface area contributed by atoms with Gasteiger partial charge >= 0.3 is 0 Å². The van der Waals surface area contributed by atoms with Crippen molar-refractivity contribution >= 4 is 15.9 Å². The predicted octanol–water partition coefficient (Wildman–Crippen LogP) is 2.54. The second-order valence-electron chi connectivity index (χ2n) is 4.18. The first-order valence-corrected chi connectivity index (χ1v) is 6.13. The maximum atomic E-state index is 9.34. The van der Waals surface area contributed by atoms with Gasteiger partial charge in [-0.25, -0.2) is 0 Å². The van der Waals surface area contributed by atoms with Crippen LogP contribution in [-0.2, 0) is 0 Å². The highest BCUT2D eigenvalue weighted by atomic mass is 79.9. The van der Waals surface area contributed by atoms with E-state index in [1.165, 1.54) is 18.4 Å². The number of hydrogen-bond acceptors (Lipinski definition) is 2. The Morgan fingerprint density at radius 1 is 1.53 bits per heavy atom. The second-order valence-corrected chi connectivity index (χ2v) is 5.04. The molecule has 1 aliphatic carbocycles. The first-order chi connectivity index (χ1) is 7.20. The van der Waals surface area contributed by atoms with E-state index in [0.29, 0.717) is 6.04 Å². The minimum atomic E-state index is 0.0781. The fourth-order valence-corrected chi connectivity index (χ4v) is 2.01. The summed E-state index contributed by atoms with van der Waals surface area (Å²) in [6.07, 6.45) is 2.48. The van der Waals surface area contributed by atoms with Crippen molar-refractivity contribution < 1.29 is 5.11 Å². The highest BCUT2D eigenvalue weighted by Gasteiger charge is 2.25. The monoisotopic (exact) mass is 269 g/mol. The van der Waals surface area contributed by atoms with Gasteiger partial charge in [0, 0.05) is 10.5 Å². The lowest BCUT2D eigenvalue weighted by Gasteiger charge is -2.17. The molecular weight excluding hydrogens is 254 g/mol. The van der Waals surface area contributed by atoms with Crippen LogP contribution in [0.4, 0.5) is 0 Å². The Labute approximate surface area is 98.8 Å². The molecule has 1 unspecified atom stereocenters. The average molecular weight is 270 g/mol. The van der Waals surface area contributed by atoms with Crippen LogP contribution in [0.25, 0.3) is 0 Å². The Morgan fingerprint density at radius 3 is 2.80 bits per heavy atom. The largest absolute Gasteiger partial charge is 0.394 e. The third-order valence-corrected chi connectivity index (χ3v) is 3.65. The van der Waals surface area contributed by atoms with Gasteiger partial charge in [-0.1, -0.05) is 28.1 Å². The standard InChI is InChI=1S/C12H16BrNO/c1-8-2-3-9(6-11(8)13)12(7-15)14-10-4-5-10/h2-3,6,10,12,14-15H,4-5,7H2,1H3. The van der Waals surface area contributed by atoms with Crippen molar-refractivity contribution in [2.75, 3.05) is 6.61 Å². The minimum Gasteiger partial charge on any atom is -0.394 e. The number of halogens is 1. The molecule has 0 saturated heterocycles. The fraction of sp³-hybridized carbons (Fsp3) is 0.500. The lowest BCUT2D eigenvalue weighted by atomic mass is 10.1. The molecule has 0 bridgehead atoms. The summed E-state index contributed by atoms with van der Waals surface area (Å²) in [6, 6.07) is 6.94. The molecule has 2 N–H and O–H groups in total. The molecule has 2 nitrogen and oxygen atoms in total. The van der Waals surface area contributed by atoms with Gasteiger partial charge in [-0.05, 0) is 37.0 Å². The van der Waals surface area contributed by atoms with E-state index in [9.17, 15) is 5.11 Å². The Hall–Kier alpha value is -0.380. The number of aliphatic hydroxyl groups is 1. The molecule has 0 radical (unpaired) electrons. The predicted molar refractivity (Wildman–Crippen MR) is 64.9 cm³/mol. The van der Waals surface area contributed by atoms with Gasteiger partial charge in [-0.2, -0.15) is 0 Å². The van der Waals surface area contributed by atoms with E-state index in [2.05, 4.69) is 46.4 Å². The van der Waals surface area contributed by atoms with Crippen LogP contribution < -0.4 is 5.32 Å². The van der Waals surface area contributed by atoms with Gasteiger partial charge in [-0.15, -0.1) is 0 Å². The van der Waals surface area contributed by atoms with Crippen LogP contribution in [-0.4, -0.2) is 17.8 Å². The van der Waals surface area contributed by atoms with Crippen molar-refractivity contribution in [1.82, 2.24) is 5.32 Å². The Kier molecular flexibility index (Phi) is 3.44. The number of rotatable bonds is 4. The average Bonchev–Trinajstić information content (AvgIpc) is 3.02. The summed E-state index contributed by atoms with van der Waals surface area (Å²) >= 11 is 3.52. The van der Waals surface area contributed by atoms with Crippen LogP contribution in [0.2, 0.25) is 0 Å². The summed E-state index contributed by atoms with van der Waals surface area (Å²) in [7, 11) is 0. The SMILES string of the molecule is Cc1ccc(C(CO)NC2CC2)cc1Br. The lowest BCUT2D eigenvalue weighted by Crippen LogP contribution is -2.26. The van der Waals surface area contributed by atoms with Crippen LogP contribution in [0, 0.1) is 6.92 Å². The van der Waals surface area contributed by atoms with Gasteiger partial charge in [-0.3, -0.25) is 0 Å². The Bertz CT molecular complexity index is 349. The molecule has 0 amide bonds. The molecule has 2 rings (SSSR count). The van der Waals surface area contributed by atoms with Crippen LogP contribution in [0.5, 0.6) is 0 Å². The van der Waals surface area contributed by atoms with Crippen molar-refractivity contribution in [3.05, 3.63) is 33.8 Å². The van der Waals surface area contributed by atoms with Gasteiger partial charge in [0.2, 0.25) is 0 Å². The molecule has 0 aliphatic heterocycles. The topological polar surface area (TPSA) is 32.3 Å². The zero-order chi connectivity index (χ0) is 10.8. The molecule has 82 valence electrons. The Morgan fingerprint density at radius 2 is 2.27 bits per heavy atom. The van der Waals surface area contributed by atoms with Crippen molar-refractivity contribution in [2.24, 2.45) is 0 Å². The van der Waals surface area contributed by atoms with E-state index in [-0.39, 0.29) is 12.6 Å². The zero-order valence-electron chi connectivity index (χ0n) is 8.83. The summed E-state index contributed by atoms with van der Waals surface area (Å²) in [5.41, 5.74) is 2.38. The molecule has 15 heavy (non-hydrogen) atoms. The Balaban J connectivity index is 2.13. The summed E-state index contributed by atoms with van der Waals surface area (Å²) < 4.78 is 1.11. The molecule has 0 heterocycles. The molecule has 1 aliphatic rings. The molecule has 3 heteroatoms. The van der Waals surface area contributed by atoms with Gasteiger partial charge < -0.3 is 10.4 Å². The van der Waals surface area contributed by atoms with E-state index in [1.54, 1.807) is 0 Å². The summed E-state index contributed by atoms with van der Waals surface area (Å²) in [5, 5.41) is 12.8. The van der Waals surface area contributed by atoms with Gasteiger partial charge in [0.05, 0.1) is 12.6 Å². The summed E-state index contributed by atoms with van der Waals surface area (Å²) in [5.74, 6) is 0. The zero-order valence-corrected chi connectivity index (χ0v) is 10.4. The molecule has 1 atom stereocenters. The first kappa shape index (κ1) is 11.1. The third kappa shape index (κ3) is 2.80. The van der Waals surface area contributed by atoms with E-state index < -0.39 is 0 Å². The lowest BCUT2D eigenvalue weighted by molar-refractivity contribution is 0.243. The molecule has 1 saturated carbocycles. The summed E-state index contributed by atoms with van der Waals surface area (Å²) in [6.45, 7) is 2.22. The maximum absolute atomic E-state index is 9.34. The second kappa shape index (κ2) is 4.64. The van der Waals surface area contributed by atoms with Crippen LogP contribution in [0.3, 0.4) is 0 Å². The number of hydrogen-bond donors (Lipinski definition) is 2. The normalized spacial score (nSPS) is 17.8. The van der Waals surface area contributed by atoms with Crippen LogP contribution >= 0.6 is 15.9 Å². The van der Waals surface area contributed by atoms with E-state index in [0.717, 1.165) is 10.0 Å². The van der Waals surface area contributed by atoms with Crippen molar-refractivity contribution in [1.29, 1.82) is 0 Å². The molecule has 0 aromatic heterocycles. The van der Waals surface area contributed by atoms with E-state index in [1.807, 2.05) is 0 Å². The number of nitrogens with one attached hydrogen (secondary N) is 1. The van der Waals surface area contributed by atoms with Gasteiger partial charge in [0.15, 0.2) is 0 Å². The van der Waals surface area contributed by atoms with Crippen molar-refractivity contribution in [3.8, 4) is 0 Å². The summed E-state index contributed by atoms with van der Waals surface area (Å²) in [4.78, 5) is 0. The molecule has 1 aromatic rings. The third-order valence-electron chi connectivity index (χ3n) is 2.80. The number of aliphatic hydroxyl groups excluding tert-OH is 1. The highest BCUT2D eigenvalue weighted by Crippen LogP contribution is 2.26. The van der Waals surface area contributed by atoms with E-state index in [4.69, 9.17) is 0 Å². The van der Waals surface area contributed by atoms with Gasteiger partial charge in [0.1, 0.15) is 0 Å². The molecular formula is C12H16BrNO. The smallest absolute Gasteiger partial charge is 0.0626 e. The highest BCUT2D eigenvalue weighted by molar-refractivity contribution is 9.10.